The minimum atomic E-state index is -0.160. The summed E-state index contributed by atoms with van der Waals surface area (Å²) in [7, 11) is 0. The van der Waals surface area contributed by atoms with Crippen LogP contribution in [0, 0.1) is 13.8 Å². The van der Waals surface area contributed by atoms with Gasteiger partial charge in [-0.25, -0.2) is 19.6 Å². The summed E-state index contributed by atoms with van der Waals surface area (Å²) in [5, 5.41) is 17.1. The third-order valence-electron chi connectivity index (χ3n) is 7.48. The topological polar surface area (TPSA) is 116 Å². The number of aryl methyl sites for hydroxylation is 2. The van der Waals surface area contributed by atoms with E-state index in [1.807, 2.05) is 30.8 Å². The molecule has 2 aliphatic rings. The molecule has 10 heteroatoms. The van der Waals surface area contributed by atoms with Crippen molar-refractivity contribution in [3.8, 4) is 22.6 Å². The largest absolute Gasteiger partial charge is 0.364 e. The lowest BCUT2D eigenvalue weighted by Crippen LogP contribution is -2.50. The van der Waals surface area contributed by atoms with Gasteiger partial charge in [0, 0.05) is 36.3 Å². The fourth-order valence-electron chi connectivity index (χ4n) is 5.18. The summed E-state index contributed by atoms with van der Waals surface area (Å²) in [6.45, 7) is 10.0. The van der Waals surface area contributed by atoms with Crippen molar-refractivity contribution in [3.63, 3.8) is 0 Å². The van der Waals surface area contributed by atoms with Crippen molar-refractivity contribution < 1.29 is 9.26 Å². The lowest BCUT2D eigenvalue weighted by molar-refractivity contribution is -0.0368. The molecule has 0 radical (unpaired) electrons. The van der Waals surface area contributed by atoms with E-state index in [0.717, 1.165) is 90.2 Å². The lowest BCUT2D eigenvalue weighted by Gasteiger charge is -2.36. The molecular weight excluding hydrogens is 468 g/mol. The van der Waals surface area contributed by atoms with Gasteiger partial charge in [0.05, 0.1) is 22.6 Å². The first-order chi connectivity index (χ1) is 17.9. The van der Waals surface area contributed by atoms with Crippen molar-refractivity contribution in [2.24, 2.45) is 0 Å². The van der Waals surface area contributed by atoms with Crippen LogP contribution in [0.2, 0.25) is 0 Å². The SMILES string of the molecule is Cc1cnc(N[C@H]2CCC(C)(C)NC2)nc1-c1nn(C2CCCCO2)c2nc(-c3conc3C)ccc12. The standard InChI is InChI=1S/C27H34N8O2/c1-16-13-28-26(30-18-10-11-27(3,4)29-14-18)32-23(16)24-19-8-9-21(20-15-37-34-17(20)2)31-25(19)35(33-24)22-7-5-6-12-36-22/h8-9,13,15,18,22,29H,5-7,10-12,14H2,1-4H3,(H,28,30,32)/t18-,22?/m0/s1. The molecule has 0 aromatic carbocycles. The van der Waals surface area contributed by atoms with Crippen molar-refractivity contribution in [2.75, 3.05) is 18.5 Å². The van der Waals surface area contributed by atoms with E-state index >= 15 is 0 Å². The normalized spacial score (nSPS) is 21.8. The number of rotatable bonds is 5. The number of piperidine rings is 1. The van der Waals surface area contributed by atoms with Crippen LogP contribution in [0.5, 0.6) is 0 Å². The predicted octanol–water partition coefficient (Wildman–Crippen LogP) is 4.80. The maximum atomic E-state index is 6.12. The number of nitrogens with zero attached hydrogens (tertiary/aromatic N) is 6. The van der Waals surface area contributed by atoms with Crippen LogP contribution in [0.1, 0.15) is 63.4 Å². The molecule has 10 nitrogen and oxygen atoms in total. The van der Waals surface area contributed by atoms with Gasteiger partial charge < -0.3 is 19.9 Å². The molecule has 2 saturated heterocycles. The van der Waals surface area contributed by atoms with Gasteiger partial charge in [-0.05, 0) is 77.5 Å². The molecule has 37 heavy (non-hydrogen) atoms. The molecule has 0 saturated carbocycles. The first-order valence-corrected chi connectivity index (χ1v) is 13.2. The summed E-state index contributed by atoms with van der Waals surface area (Å²) in [4.78, 5) is 14.5. The van der Waals surface area contributed by atoms with Gasteiger partial charge in [0.25, 0.3) is 0 Å². The molecule has 194 valence electrons. The van der Waals surface area contributed by atoms with Gasteiger partial charge in [-0.1, -0.05) is 5.16 Å². The maximum Gasteiger partial charge on any atom is 0.223 e. The molecule has 6 heterocycles. The smallest absolute Gasteiger partial charge is 0.223 e. The molecule has 2 aliphatic heterocycles. The molecular formula is C27H34N8O2. The van der Waals surface area contributed by atoms with E-state index in [1.54, 1.807) is 6.26 Å². The van der Waals surface area contributed by atoms with Gasteiger partial charge >= 0.3 is 0 Å². The number of fused-ring (bicyclic) bond motifs is 1. The van der Waals surface area contributed by atoms with E-state index < -0.39 is 0 Å². The van der Waals surface area contributed by atoms with Crippen molar-refractivity contribution in [3.05, 3.63) is 35.9 Å². The second-order valence-corrected chi connectivity index (χ2v) is 10.9. The van der Waals surface area contributed by atoms with Crippen LogP contribution >= 0.6 is 0 Å². The van der Waals surface area contributed by atoms with E-state index in [0.29, 0.717) is 5.95 Å². The second-order valence-electron chi connectivity index (χ2n) is 10.9. The summed E-state index contributed by atoms with van der Waals surface area (Å²) in [5.41, 5.74) is 5.96. The Hall–Kier alpha value is -3.37. The Labute approximate surface area is 216 Å². The lowest BCUT2D eigenvalue weighted by atomic mass is 9.91. The van der Waals surface area contributed by atoms with Crippen LogP contribution in [0.15, 0.2) is 29.1 Å². The monoisotopic (exact) mass is 502 g/mol. The molecule has 0 aliphatic carbocycles. The Balaban J connectivity index is 1.40. The number of hydrogen-bond acceptors (Lipinski definition) is 9. The van der Waals surface area contributed by atoms with Crippen molar-refractivity contribution >= 4 is 17.0 Å². The second kappa shape index (κ2) is 9.50. The molecule has 4 aromatic rings. The minimum Gasteiger partial charge on any atom is -0.364 e. The molecule has 0 amide bonds. The van der Waals surface area contributed by atoms with E-state index in [4.69, 9.17) is 24.3 Å². The number of anilines is 1. The zero-order valence-corrected chi connectivity index (χ0v) is 21.9. The summed E-state index contributed by atoms with van der Waals surface area (Å²) in [6.07, 6.45) is 8.57. The molecule has 2 N–H and O–H groups in total. The molecule has 2 atom stereocenters. The predicted molar refractivity (Wildman–Crippen MR) is 141 cm³/mol. The number of aromatic nitrogens is 6. The summed E-state index contributed by atoms with van der Waals surface area (Å²) >= 11 is 0. The van der Waals surface area contributed by atoms with Gasteiger partial charge in [-0.15, -0.1) is 0 Å². The fraction of sp³-hybridized carbons (Fsp3) is 0.519. The number of ether oxygens (including phenoxy) is 1. The van der Waals surface area contributed by atoms with Gasteiger partial charge in [0.1, 0.15) is 12.0 Å². The van der Waals surface area contributed by atoms with Gasteiger partial charge in [-0.3, -0.25) is 0 Å². The van der Waals surface area contributed by atoms with Crippen LogP contribution in [0.4, 0.5) is 5.95 Å². The number of nitrogens with one attached hydrogen (secondary N) is 2. The molecule has 0 spiro atoms. The quantitative estimate of drug-likeness (QED) is 0.397. The molecule has 6 rings (SSSR count). The summed E-state index contributed by atoms with van der Waals surface area (Å²) < 4.78 is 13.2. The van der Waals surface area contributed by atoms with Gasteiger partial charge in [0.15, 0.2) is 11.9 Å². The maximum absolute atomic E-state index is 6.12. The van der Waals surface area contributed by atoms with Crippen molar-refractivity contribution in [1.82, 2.24) is 35.2 Å². The average molecular weight is 503 g/mol. The molecule has 2 fully saturated rings. The molecule has 1 unspecified atom stereocenters. The highest BCUT2D eigenvalue weighted by molar-refractivity contribution is 5.92. The van der Waals surface area contributed by atoms with Crippen molar-refractivity contribution in [2.45, 2.75) is 77.6 Å². The zero-order chi connectivity index (χ0) is 25.6. The molecule has 0 bridgehead atoms. The van der Waals surface area contributed by atoms with Gasteiger partial charge in [0.2, 0.25) is 5.95 Å². The Morgan fingerprint density at radius 3 is 2.73 bits per heavy atom. The van der Waals surface area contributed by atoms with Crippen LogP contribution in [0.3, 0.4) is 0 Å². The Morgan fingerprint density at radius 2 is 2.00 bits per heavy atom. The third-order valence-corrected chi connectivity index (χ3v) is 7.48. The van der Waals surface area contributed by atoms with Crippen LogP contribution in [-0.2, 0) is 4.74 Å². The third kappa shape index (κ3) is 4.71. The Morgan fingerprint density at radius 1 is 1.11 bits per heavy atom. The summed E-state index contributed by atoms with van der Waals surface area (Å²) in [6, 6.07) is 4.34. The zero-order valence-electron chi connectivity index (χ0n) is 21.9. The first kappa shape index (κ1) is 24.0. The van der Waals surface area contributed by atoms with Crippen LogP contribution in [0.25, 0.3) is 33.7 Å². The fourth-order valence-corrected chi connectivity index (χ4v) is 5.18. The first-order valence-electron chi connectivity index (χ1n) is 13.2. The minimum absolute atomic E-state index is 0.160. The van der Waals surface area contributed by atoms with E-state index in [2.05, 4.69) is 40.7 Å². The van der Waals surface area contributed by atoms with E-state index in [9.17, 15) is 0 Å². The average Bonchev–Trinajstić information content (AvgIpc) is 3.50. The Bertz CT molecular complexity index is 1410. The Kier molecular flexibility index (Phi) is 6.16. The number of hydrogen-bond donors (Lipinski definition) is 2. The highest BCUT2D eigenvalue weighted by Crippen LogP contribution is 2.34. The highest BCUT2D eigenvalue weighted by Gasteiger charge is 2.28. The van der Waals surface area contributed by atoms with E-state index in [1.165, 1.54) is 0 Å². The summed E-state index contributed by atoms with van der Waals surface area (Å²) in [5.74, 6) is 0.619. The highest BCUT2D eigenvalue weighted by atomic mass is 16.5. The van der Waals surface area contributed by atoms with Crippen molar-refractivity contribution in [1.29, 1.82) is 0 Å². The van der Waals surface area contributed by atoms with Crippen LogP contribution < -0.4 is 10.6 Å². The van der Waals surface area contributed by atoms with Crippen LogP contribution in [-0.4, -0.2) is 54.6 Å². The van der Waals surface area contributed by atoms with E-state index in [-0.39, 0.29) is 17.8 Å². The number of pyridine rings is 1. The molecule has 4 aromatic heterocycles. The van der Waals surface area contributed by atoms with Gasteiger partial charge in [-0.2, -0.15) is 5.10 Å².